The van der Waals surface area contributed by atoms with Crippen LogP contribution in [0.2, 0.25) is 5.02 Å². The number of hydrogen-bond acceptors (Lipinski definition) is 1. The molecule has 1 heterocycles. The Morgan fingerprint density at radius 2 is 2.08 bits per heavy atom. The summed E-state index contributed by atoms with van der Waals surface area (Å²) in [5.41, 5.74) is 2.51. The molecule has 1 aliphatic rings. The molecule has 1 aromatic rings. The van der Waals surface area contributed by atoms with Crippen molar-refractivity contribution in [1.29, 1.82) is 0 Å². The van der Waals surface area contributed by atoms with Gasteiger partial charge in [-0.05, 0) is 37.0 Å². The van der Waals surface area contributed by atoms with Crippen LogP contribution in [0.3, 0.4) is 0 Å². The summed E-state index contributed by atoms with van der Waals surface area (Å²) < 4.78 is 0. The Morgan fingerprint density at radius 1 is 1.23 bits per heavy atom. The summed E-state index contributed by atoms with van der Waals surface area (Å²) in [6.45, 7) is 1.08. The predicted octanol–water partition coefficient (Wildman–Crippen LogP) is 3.51. The molecular formula is C10H13Cl2N. The van der Waals surface area contributed by atoms with Gasteiger partial charge in [0.05, 0.1) is 0 Å². The summed E-state index contributed by atoms with van der Waals surface area (Å²) in [5, 5.41) is 4.29. The van der Waals surface area contributed by atoms with Crippen LogP contribution in [0.25, 0.3) is 0 Å². The summed E-state index contributed by atoms with van der Waals surface area (Å²) in [7, 11) is 0. The van der Waals surface area contributed by atoms with Crippen LogP contribution in [0.1, 0.15) is 18.4 Å². The van der Waals surface area contributed by atoms with Gasteiger partial charge >= 0.3 is 0 Å². The highest BCUT2D eigenvalue weighted by Gasteiger charge is 2.08. The highest BCUT2D eigenvalue weighted by atomic mass is 35.5. The molecule has 0 radical (unpaired) electrons. The molecule has 0 aromatic heterocycles. The van der Waals surface area contributed by atoms with Gasteiger partial charge in [-0.25, -0.2) is 0 Å². The Hall–Kier alpha value is -0.400. The van der Waals surface area contributed by atoms with E-state index < -0.39 is 0 Å². The van der Waals surface area contributed by atoms with Crippen LogP contribution in [0.15, 0.2) is 18.2 Å². The fourth-order valence-corrected chi connectivity index (χ4v) is 1.90. The first-order chi connectivity index (χ1) is 5.88. The maximum atomic E-state index is 6.07. The van der Waals surface area contributed by atoms with Gasteiger partial charge in [-0.2, -0.15) is 0 Å². The van der Waals surface area contributed by atoms with Crippen LogP contribution in [0.4, 0.5) is 5.69 Å². The molecule has 1 aromatic carbocycles. The first-order valence-electron chi connectivity index (χ1n) is 4.39. The topological polar surface area (TPSA) is 12.0 Å². The number of fused-ring (bicyclic) bond motifs is 1. The third-order valence-electron chi connectivity index (χ3n) is 2.29. The summed E-state index contributed by atoms with van der Waals surface area (Å²) in [6.07, 6.45) is 3.59. The molecule has 0 atom stereocenters. The molecule has 3 heteroatoms. The Labute approximate surface area is 89.9 Å². The zero-order chi connectivity index (χ0) is 8.39. The van der Waals surface area contributed by atoms with Crippen molar-refractivity contribution >= 4 is 29.7 Å². The number of halogens is 2. The summed E-state index contributed by atoms with van der Waals surface area (Å²) in [4.78, 5) is 0. The van der Waals surface area contributed by atoms with Gasteiger partial charge in [0.15, 0.2) is 0 Å². The van der Waals surface area contributed by atoms with Crippen LogP contribution in [0.5, 0.6) is 0 Å². The Kier molecular flexibility index (Phi) is 3.89. The van der Waals surface area contributed by atoms with Gasteiger partial charge in [0.25, 0.3) is 0 Å². The largest absolute Gasteiger partial charge is 0.385 e. The monoisotopic (exact) mass is 217 g/mol. The zero-order valence-corrected chi connectivity index (χ0v) is 8.92. The molecule has 1 aliphatic heterocycles. The number of benzene rings is 1. The molecule has 0 bridgehead atoms. The minimum atomic E-state index is 0. The van der Waals surface area contributed by atoms with Crippen molar-refractivity contribution in [3.8, 4) is 0 Å². The van der Waals surface area contributed by atoms with Crippen LogP contribution in [-0.2, 0) is 6.42 Å². The minimum absolute atomic E-state index is 0. The highest BCUT2D eigenvalue weighted by molar-refractivity contribution is 6.31. The lowest BCUT2D eigenvalue weighted by atomic mass is 10.1. The highest BCUT2D eigenvalue weighted by Crippen LogP contribution is 2.27. The SMILES string of the molecule is Cl.Clc1cccc2c1CCCCN2. The van der Waals surface area contributed by atoms with Gasteiger partial charge in [0.2, 0.25) is 0 Å². The van der Waals surface area contributed by atoms with E-state index in [4.69, 9.17) is 11.6 Å². The summed E-state index contributed by atoms with van der Waals surface area (Å²) in [5.74, 6) is 0. The molecule has 2 rings (SSSR count). The molecule has 0 saturated heterocycles. The van der Waals surface area contributed by atoms with Crippen LogP contribution < -0.4 is 5.32 Å². The second-order valence-electron chi connectivity index (χ2n) is 3.15. The quantitative estimate of drug-likeness (QED) is 0.702. The van der Waals surface area contributed by atoms with Crippen LogP contribution in [0, 0.1) is 0 Å². The zero-order valence-electron chi connectivity index (χ0n) is 7.35. The molecule has 72 valence electrons. The lowest BCUT2D eigenvalue weighted by Crippen LogP contribution is -1.99. The second kappa shape index (κ2) is 4.73. The van der Waals surface area contributed by atoms with E-state index in [1.807, 2.05) is 12.1 Å². The Bertz CT molecular complexity index is 286. The molecule has 0 amide bonds. The van der Waals surface area contributed by atoms with Gasteiger partial charge < -0.3 is 5.32 Å². The average Bonchev–Trinajstić information content (AvgIpc) is 2.30. The maximum absolute atomic E-state index is 6.07. The number of nitrogens with one attached hydrogen (secondary N) is 1. The van der Waals surface area contributed by atoms with Crippen molar-refractivity contribution in [2.24, 2.45) is 0 Å². The lowest BCUT2D eigenvalue weighted by Gasteiger charge is -2.07. The molecule has 1 N–H and O–H groups in total. The molecule has 13 heavy (non-hydrogen) atoms. The van der Waals surface area contributed by atoms with Crippen molar-refractivity contribution < 1.29 is 0 Å². The van der Waals surface area contributed by atoms with E-state index in [2.05, 4.69) is 11.4 Å². The second-order valence-corrected chi connectivity index (χ2v) is 3.56. The normalized spacial score (nSPS) is 14.8. The Morgan fingerprint density at radius 3 is 2.92 bits per heavy atom. The molecule has 0 unspecified atom stereocenters. The molecule has 0 saturated carbocycles. The first-order valence-corrected chi connectivity index (χ1v) is 4.77. The maximum Gasteiger partial charge on any atom is 0.0458 e. The van der Waals surface area contributed by atoms with Gasteiger partial charge in [-0.15, -0.1) is 12.4 Å². The van der Waals surface area contributed by atoms with Crippen LogP contribution in [-0.4, -0.2) is 6.54 Å². The molecule has 0 aliphatic carbocycles. The van der Waals surface area contributed by atoms with Gasteiger partial charge in [0.1, 0.15) is 0 Å². The van der Waals surface area contributed by atoms with E-state index >= 15 is 0 Å². The van der Waals surface area contributed by atoms with Crippen molar-refractivity contribution in [3.63, 3.8) is 0 Å². The van der Waals surface area contributed by atoms with Gasteiger partial charge in [-0.1, -0.05) is 17.7 Å². The Balaban J connectivity index is 0.000000845. The summed E-state index contributed by atoms with van der Waals surface area (Å²) >= 11 is 6.07. The van der Waals surface area contributed by atoms with E-state index in [-0.39, 0.29) is 12.4 Å². The van der Waals surface area contributed by atoms with Crippen molar-refractivity contribution in [3.05, 3.63) is 28.8 Å². The van der Waals surface area contributed by atoms with E-state index in [0.717, 1.165) is 18.0 Å². The first kappa shape index (κ1) is 10.7. The predicted molar refractivity (Wildman–Crippen MR) is 60.1 cm³/mol. The van der Waals surface area contributed by atoms with Crippen LogP contribution >= 0.6 is 24.0 Å². The number of anilines is 1. The van der Waals surface area contributed by atoms with Gasteiger partial charge in [0, 0.05) is 17.3 Å². The van der Waals surface area contributed by atoms with Crippen molar-refractivity contribution in [2.75, 3.05) is 11.9 Å². The summed E-state index contributed by atoms with van der Waals surface area (Å²) in [6, 6.07) is 6.07. The van der Waals surface area contributed by atoms with Crippen molar-refractivity contribution in [2.45, 2.75) is 19.3 Å². The third kappa shape index (κ3) is 2.29. The molecule has 0 fully saturated rings. The standard InChI is InChI=1S/C10H12ClN.ClH/c11-9-5-3-6-10-8(9)4-1-2-7-12-10;/h3,5-6,12H,1-2,4,7H2;1H. The van der Waals surface area contributed by atoms with E-state index in [9.17, 15) is 0 Å². The fourth-order valence-electron chi connectivity index (χ4n) is 1.63. The molecule has 1 nitrogen and oxygen atoms in total. The lowest BCUT2D eigenvalue weighted by molar-refractivity contribution is 0.786. The van der Waals surface area contributed by atoms with Crippen molar-refractivity contribution in [1.82, 2.24) is 0 Å². The number of hydrogen-bond donors (Lipinski definition) is 1. The molecule has 0 spiro atoms. The smallest absolute Gasteiger partial charge is 0.0458 e. The third-order valence-corrected chi connectivity index (χ3v) is 2.64. The molecular weight excluding hydrogens is 205 g/mol. The van der Waals surface area contributed by atoms with E-state index in [0.29, 0.717) is 0 Å². The van der Waals surface area contributed by atoms with E-state index in [1.54, 1.807) is 0 Å². The minimum Gasteiger partial charge on any atom is -0.385 e. The van der Waals surface area contributed by atoms with E-state index in [1.165, 1.54) is 24.1 Å². The van der Waals surface area contributed by atoms with Gasteiger partial charge in [-0.3, -0.25) is 0 Å². The average molecular weight is 218 g/mol. The fraction of sp³-hybridized carbons (Fsp3) is 0.400. The number of rotatable bonds is 0.